The van der Waals surface area contributed by atoms with Gasteiger partial charge in [0.05, 0.1) is 0 Å². The van der Waals surface area contributed by atoms with Crippen molar-refractivity contribution in [3.63, 3.8) is 0 Å². The Morgan fingerprint density at radius 2 is 1.31 bits per heavy atom. The molecule has 0 amide bonds. The summed E-state index contributed by atoms with van der Waals surface area (Å²) >= 11 is 0. The Hall–Kier alpha value is -1.76. The van der Waals surface area contributed by atoms with Gasteiger partial charge in [0.2, 0.25) is 12.4 Å². The summed E-state index contributed by atoms with van der Waals surface area (Å²) in [5, 5.41) is 0. The third-order valence-electron chi connectivity index (χ3n) is 1.82. The molecule has 0 fully saturated rings. The van der Waals surface area contributed by atoms with Crippen molar-refractivity contribution in [2.45, 2.75) is 0 Å². The Labute approximate surface area is 76.7 Å². The summed E-state index contributed by atoms with van der Waals surface area (Å²) in [5.41, 5.74) is 0. The molecule has 0 saturated carbocycles. The maximum Gasteiger partial charge on any atom is 0.494 e. The van der Waals surface area contributed by atoms with Gasteiger partial charge in [0.25, 0.3) is 12.4 Å². The minimum atomic E-state index is 0.752. The lowest BCUT2D eigenvalue weighted by Gasteiger charge is -1.76. The van der Waals surface area contributed by atoms with E-state index in [0.717, 1.165) is 6.67 Å². The van der Waals surface area contributed by atoms with Gasteiger partial charge in [-0.1, -0.05) is 9.15 Å². The summed E-state index contributed by atoms with van der Waals surface area (Å²) in [6.45, 7) is 0.752. The van der Waals surface area contributed by atoms with Gasteiger partial charge in [0.1, 0.15) is 0 Å². The second-order valence-corrected chi connectivity index (χ2v) is 3.10. The molecular formula is C9H12N4+4. The van der Waals surface area contributed by atoms with Gasteiger partial charge < -0.3 is 0 Å². The molecule has 0 unspecified atom stereocenters. The van der Waals surface area contributed by atoms with E-state index in [0.29, 0.717) is 0 Å². The van der Waals surface area contributed by atoms with Crippen LogP contribution < -0.4 is 0 Å². The van der Waals surface area contributed by atoms with Gasteiger partial charge in [-0.25, -0.2) is 0 Å². The van der Waals surface area contributed by atoms with Crippen LogP contribution in [0.5, 0.6) is 0 Å². The van der Waals surface area contributed by atoms with Crippen LogP contribution in [0.4, 0.5) is 0 Å². The fourth-order valence-corrected chi connectivity index (χ4v) is 1.22. The third kappa shape index (κ3) is 1.70. The van der Waals surface area contributed by atoms with Gasteiger partial charge in [-0.05, 0) is 9.15 Å². The third-order valence-corrected chi connectivity index (χ3v) is 1.82. The fourth-order valence-electron chi connectivity index (χ4n) is 1.22. The van der Waals surface area contributed by atoms with E-state index in [9.17, 15) is 0 Å². The first-order valence-electron chi connectivity index (χ1n) is 4.12. The lowest BCUT2D eigenvalue weighted by Crippen LogP contribution is -2.14. The molecule has 0 atom stereocenters. The van der Waals surface area contributed by atoms with Crippen LogP contribution in [-0.2, 0) is 0 Å². The van der Waals surface area contributed by atoms with Crippen molar-refractivity contribution in [2.24, 2.45) is 0 Å². The lowest BCUT2D eigenvalue weighted by atomic mass is 10.8. The molecule has 4 heteroatoms. The van der Waals surface area contributed by atoms with E-state index in [1.54, 1.807) is 0 Å². The molecule has 13 heavy (non-hydrogen) atoms. The molecular weight excluding hydrogens is 164 g/mol. The standard InChI is InChI=1S/C9H12N4/c1-10-3-5-12(7-10)9-13-6-4-11(2)8-13/h3-6H,9H2,1-2H3/q+4. The first-order valence-corrected chi connectivity index (χ1v) is 4.12. The van der Waals surface area contributed by atoms with Crippen LogP contribution in [-0.4, -0.2) is 51.1 Å². The number of rotatable bonds is 2. The molecule has 0 aliphatic carbocycles. The highest BCUT2D eigenvalue weighted by Crippen LogP contribution is 1.89. The first kappa shape index (κ1) is 7.87. The Morgan fingerprint density at radius 1 is 0.846 bits per heavy atom. The molecule has 4 nitrogen and oxygen atoms in total. The Morgan fingerprint density at radius 3 is 1.62 bits per heavy atom. The average molecular weight is 176 g/mol. The molecule has 2 heterocycles. The van der Waals surface area contributed by atoms with E-state index in [2.05, 4.69) is 12.0 Å². The van der Waals surface area contributed by atoms with Crippen molar-refractivity contribution in [3.05, 3.63) is 24.8 Å². The van der Waals surface area contributed by atoms with E-state index >= 15 is 0 Å². The molecule has 0 aromatic rings. The van der Waals surface area contributed by atoms with E-state index < -0.39 is 0 Å². The van der Waals surface area contributed by atoms with Gasteiger partial charge >= 0.3 is 18.7 Å². The van der Waals surface area contributed by atoms with Crippen LogP contribution in [0.2, 0.25) is 0 Å². The predicted octanol–water partition coefficient (Wildman–Crippen LogP) is -0.429. The maximum absolute atomic E-state index is 3.12. The van der Waals surface area contributed by atoms with Gasteiger partial charge in [0, 0.05) is 0 Å². The molecule has 64 valence electrons. The molecule has 2 aliphatic heterocycles. The monoisotopic (exact) mass is 176 g/mol. The highest BCUT2D eigenvalue weighted by atomic mass is 15.2. The summed E-state index contributed by atoms with van der Waals surface area (Å²) in [6.07, 6.45) is 7.88. The van der Waals surface area contributed by atoms with E-state index in [-0.39, 0.29) is 0 Å². The van der Waals surface area contributed by atoms with Crippen molar-refractivity contribution in [2.75, 3.05) is 20.8 Å². The largest absolute Gasteiger partial charge is 0.494 e. The molecule has 2 rings (SSSR count). The summed E-state index contributed by atoms with van der Waals surface area (Å²) in [4.78, 5) is 0. The van der Waals surface area contributed by atoms with E-state index in [4.69, 9.17) is 0 Å². The first-order chi connectivity index (χ1) is 6.24. The zero-order valence-corrected chi connectivity index (χ0v) is 7.81. The summed E-state index contributed by atoms with van der Waals surface area (Å²) < 4.78 is 7.72. The molecule has 0 bridgehead atoms. The highest BCUT2D eigenvalue weighted by Gasteiger charge is 2.22. The van der Waals surface area contributed by atoms with Crippen molar-refractivity contribution >= 4 is 12.0 Å². The van der Waals surface area contributed by atoms with Gasteiger partial charge in [-0.2, -0.15) is 0 Å². The minimum absolute atomic E-state index is 0.752. The molecule has 0 N–H and O–H groups in total. The normalized spacial score (nSPS) is 18.6. The SMILES string of the molecule is C[N+]1=C=[N+](C[N+]2=C=[N+](C)C=C2)C=C1. The minimum Gasteiger partial charge on any atom is -0.0970 e. The highest BCUT2D eigenvalue weighted by molar-refractivity contribution is 5.30. The lowest BCUT2D eigenvalue weighted by molar-refractivity contribution is -0.665. The topological polar surface area (TPSA) is 12.0 Å². The molecule has 0 radical (unpaired) electrons. The average Bonchev–Trinajstić information content (AvgIpc) is 2.62. The molecule has 0 aromatic heterocycles. The second kappa shape index (κ2) is 2.94. The number of hydrogen-bond donors (Lipinski definition) is 0. The number of hydrogen-bond acceptors (Lipinski definition) is 0. The molecule has 0 aromatic carbocycles. The zero-order chi connectivity index (χ0) is 9.26. The molecule has 0 saturated heterocycles. The van der Waals surface area contributed by atoms with Crippen LogP contribution in [0.25, 0.3) is 0 Å². The summed E-state index contributed by atoms with van der Waals surface area (Å²) in [7, 11) is 3.91. The Bertz CT molecular complexity index is 396. The van der Waals surface area contributed by atoms with Crippen LogP contribution >= 0.6 is 0 Å². The van der Waals surface area contributed by atoms with Crippen LogP contribution in [0.15, 0.2) is 24.8 Å². The fraction of sp³-hybridized carbons (Fsp3) is 0.333. The quantitative estimate of drug-likeness (QED) is 0.506. The maximum atomic E-state index is 3.12. The second-order valence-electron chi connectivity index (χ2n) is 3.10. The smallest absolute Gasteiger partial charge is 0.0970 e. The van der Waals surface area contributed by atoms with Gasteiger partial charge in [-0.3, -0.25) is 0 Å². The Balaban J connectivity index is 2.18. The van der Waals surface area contributed by atoms with Crippen molar-refractivity contribution < 1.29 is 18.3 Å². The van der Waals surface area contributed by atoms with Crippen LogP contribution in [0, 0.1) is 0 Å². The zero-order valence-electron chi connectivity index (χ0n) is 7.81. The summed E-state index contributed by atoms with van der Waals surface area (Å²) in [5.74, 6) is 0. The van der Waals surface area contributed by atoms with Gasteiger partial charge in [0.15, 0.2) is 14.1 Å². The summed E-state index contributed by atoms with van der Waals surface area (Å²) in [6, 6.07) is 6.23. The van der Waals surface area contributed by atoms with Crippen LogP contribution in [0.3, 0.4) is 0 Å². The van der Waals surface area contributed by atoms with Crippen molar-refractivity contribution in [1.82, 2.24) is 0 Å². The van der Waals surface area contributed by atoms with Crippen molar-refractivity contribution in [1.29, 1.82) is 0 Å². The molecule has 0 spiro atoms. The Kier molecular flexibility index (Phi) is 1.78. The van der Waals surface area contributed by atoms with E-state index in [1.807, 2.05) is 57.2 Å². The predicted molar refractivity (Wildman–Crippen MR) is 46.1 cm³/mol. The molecule has 2 aliphatic rings. The van der Waals surface area contributed by atoms with Crippen LogP contribution in [0.1, 0.15) is 0 Å². The van der Waals surface area contributed by atoms with Crippen molar-refractivity contribution in [3.8, 4) is 0 Å². The van der Waals surface area contributed by atoms with E-state index in [1.165, 1.54) is 0 Å². The number of nitrogens with zero attached hydrogens (tertiary/aromatic N) is 4. The van der Waals surface area contributed by atoms with Gasteiger partial charge in [-0.15, -0.1) is 0 Å².